The summed E-state index contributed by atoms with van der Waals surface area (Å²) in [6.07, 6.45) is 10.3. The fourth-order valence-corrected chi connectivity index (χ4v) is 5.68. The molecule has 2 aliphatic rings. The van der Waals surface area contributed by atoms with E-state index in [4.69, 9.17) is 14.2 Å². The molecular weight excluding hydrogens is 510 g/mol. The lowest BCUT2D eigenvalue weighted by Gasteiger charge is -2.35. The molecule has 1 saturated heterocycles. The number of rotatable bonds is 14. The Hall–Kier alpha value is -2.45. The first-order valence-electron chi connectivity index (χ1n) is 14.0. The van der Waals surface area contributed by atoms with Crippen molar-refractivity contribution in [2.45, 2.75) is 57.3 Å². The Morgan fingerprint density at radius 1 is 1.03 bits per heavy atom. The first kappa shape index (κ1) is 29.5. The van der Waals surface area contributed by atoms with Gasteiger partial charge in [-0.3, -0.25) is 14.5 Å². The van der Waals surface area contributed by atoms with E-state index in [2.05, 4.69) is 65.6 Å². The second-order valence-corrected chi connectivity index (χ2v) is 11.1. The summed E-state index contributed by atoms with van der Waals surface area (Å²) in [6, 6.07) is 18.9. The molecule has 1 aliphatic carbocycles. The fourth-order valence-electron chi connectivity index (χ4n) is 5.43. The SMILES string of the molecule is CSCOC(=O)CCC/C=C\CC1[C@H](N2CCOCC2)C(=O)C[C@H]1OCc1ccc(Cc2ccccc2)cc1. The molecule has 1 aliphatic heterocycles. The molecule has 6 nitrogen and oxygen atoms in total. The molecule has 0 N–H and O–H groups in total. The lowest BCUT2D eigenvalue weighted by atomic mass is 9.95. The second kappa shape index (κ2) is 16.0. The first-order valence-corrected chi connectivity index (χ1v) is 15.4. The van der Waals surface area contributed by atoms with Gasteiger partial charge in [0.2, 0.25) is 0 Å². The molecule has 4 rings (SSSR count). The van der Waals surface area contributed by atoms with E-state index in [0.717, 1.165) is 44.3 Å². The molecule has 2 aromatic rings. The van der Waals surface area contributed by atoms with Crippen molar-refractivity contribution < 1.29 is 23.8 Å². The molecule has 39 heavy (non-hydrogen) atoms. The third-order valence-electron chi connectivity index (χ3n) is 7.46. The number of unbranched alkanes of at least 4 members (excludes halogenated alkanes) is 1. The molecule has 0 amide bonds. The van der Waals surface area contributed by atoms with Gasteiger partial charge >= 0.3 is 5.97 Å². The number of hydrogen-bond acceptors (Lipinski definition) is 7. The predicted molar refractivity (Wildman–Crippen MR) is 156 cm³/mol. The van der Waals surface area contributed by atoms with Gasteiger partial charge in [0, 0.05) is 31.8 Å². The molecule has 7 heteroatoms. The van der Waals surface area contributed by atoms with Crippen molar-refractivity contribution in [1.29, 1.82) is 0 Å². The molecule has 0 radical (unpaired) electrons. The molecule has 1 heterocycles. The van der Waals surface area contributed by atoms with E-state index < -0.39 is 0 Å². The van der Waals surface area contributed by atoms with Gasteiger partial charge < -0.3 is 14.2 Å². The summed E-state index contributed by atoms with van der Waals surface area (Å²) < 4.78 is 17.1. The van der Waals surface area contributed by atoms with Gasteiger partial charge in [0.15, 0.2) is 5.78 Å². The minimum atomic E-state index is -0.145. The Balaban J connectivity index is 1.32. The van der Waals surface area contributed by atoms with E-state index in [1.165, 1.54) is 22.9 Å². The van der Waals surface area contributed by atoms with Crippen molar-refractivity contribution in [3.8, 4) is 0 Å². The van der Waals surface area contributed by atoms with Gasteiger partial charge in [0.25, 0.3) is 0 Å². The van der Waals surface area contributed by atoms with Crippen LogP contribution < -0.4 is 0 Å². The summed E-state index contributed by atoms with van der Waals surface area (Å²) in [6.45, 7) is 3.40. The number of hydrogen-bond donors (Lipinski definition) is 0. The zero-order valence-electron chi connectivity index (χ0n) is 23.0. The fraction of sp³-hybridized carbons (Fsp3) is 0.500. The largest absolute Gasteiger partial charge is 0.455 e. The van der Waals surface area contributed by atoms with Crippen molar-refractivity contribution in [2.24, 2.45) is 5.92 Å². The van der Waals surface area contributed by atoms with Gasteiger partial charge in [-0.25, -0.2) is 0 Å². The normalized spacial score (nSPS) is 22.0. The third kappa shape index (κ3) is 9.31. The van der Waals surface area contributed by atoms with Gasteiger partial charge in [0.1, 0.15) is 5.94 Å². The summed E-state index contributed by atoms with van der Waals surface area (Å²) in [5, 5.41) is 0. The minimum absolute atomic E-state index is 0.107. The van der Waals surface area contributed by atoms with Gasteiger partial charge in [-0.1, -0.05) is 66.7 Å². The average molecular weight is 552 g/mol. The average Bonchev–Trinajstić information content (AvgIpc) is 3.28. The van der Waals surface area contributed by atoms with E-state index >= 15 is 0 Å². The number of morpholine rings is 1. The number of ether oxygens (including phenoxy) is 3. The topological polar surface area (TPSA) is 65.1 Å². The van der Waals surface area contributed by atoms with Crippen LogP contribution in [-0.4, -0.2) is 67.3 Å². The van der Waals surface area contributed by atoms with Crippen LogP contribution in [0.2, 0.25) is 0 Å². The van der Waals surface area contributed by atoms with Crippen LogP contribution in [0.25, 0.3) is 0 Å². The van der Waals surface area contributed by atoms with Crippen LogP contribution in [-0.2, 0) is 36.8 Å². The molecular formula is C32H41NO5S. The van der Waals surface area contributed by atoms with Crippen LogP contribution >= 0.6 is 11.8 Å². The maximum absolute atomic E-state index is 13.2. The van der Waals surface area contributed by atoms with E-state index in [0.29, 0.717) is 38.6 Å². The van der Waals surface area contributed by atoms with Crippen LogP contribution in [0.5, 0.6) is 0 Å². The van der Waals surface area contributed by atoms with Crippen molar-refractivity contribution in [3.63, 3.8) is 0 Å². The summed E-state index contributed by atoms with van der Waals surface area (Å²) in [7, 11) is 0. The number of Topliss-reactive ketones (excluding diaryl/α,β-unsaturated/α-hetero) is 1. The Morgan fingerprint density at radius 3 is 2.49 bits per heavy atom. The molecule has 2 fully saturated rings. The van der Waals surface area contributed by atoms with E-state index in [9.17, 15) is 9.59 Å². The highest BCUT2D eigenvalue weighted by molar-refractivity contribution is 7.98. The molecule has 210 valence electrons. The highest BCUT2D eigenvalue weighted by atomic mass is 32.2. The van der Waals surface area contributed by atoms with Crippen molar-refractivity contribution in [1.82, 2.24) is 4.90 Å². The number of benzene rings is 2. The number of esters is 1. The second-order valence-electron chi connectivity index (χ2n) is 10.3. The lowest BCUT2D eigenvalue weighted by Crippen LogP contribution is -2.49. The third-order valence-corrected chi connectivity index (χ3v) is 7.81. The number of carbonyl (C=O) groups is 2. The van der Waals surface area contributed by atoms with Crippen LogP contribution in [0.1, 0.15) is 48.8 Å². The van der Waals surface area contributed by atoms with E-state index in [1.54, 1.807) is 0 Å². The van der Waals surface area contributed by atoms with Gasteiger partial charge in [-0.05, 0) is 48.6 Å². The van der Waals surface area contributed by atoms with E-state index in [1.807, 2.05) is 12.3 Å². The van der Waals surface area contributed by atoms with Crippen LogP contribution in [0.4, 0.5) is 0 Å². The number of carbonyl (C=O) groups excluding carboxylic acids is 2. The predicted octanol–water partition coefficient (Wildman–Crippen LogP) is 5.43. The highest BCUT2D eigenvalue weighted by Gasteiger charge is 2.45. The Labute approximate surface area is 237 Å². The van der Waals surface area contributed by atoms with Crippen molar-refractivity contribution >= 4 is 23.5 Å². The molecule has 1 saturated carbocycles. The zero-order chi connectivity index (χ0) is 27.3. The van der Waals surface area contributed by atoms with Gasteiger partial charge in [0.05, 0.1) is 32.0 Å². The number of nitrogens with zero attached hydrogens (tertiary/aromatic N) is 1. The van der Waals surface area contributed by atoms with Crippen molar-refractivity contribution in [2.75, 3.05) is 38.5 Å². The Kier molecular flexibility index (Phi) is 12.1. The number of ketones is 1. The molecule has 0 bridgehead atoms. The summed E-state index contributed by atoms with van der Waals surface area (Å²) in [5.41, 5.74) is 3.69. The quantitative estimate of drug-likeness (QED) is 0.134. The van der Waals surface area contributed by atoms with Crippen LogP contribution in [0.15, 0.2) is 66.7 Å². The molecule has 2 aromatic carbocycles. The van der Waals surface area contributed by atoms with Crippen LogP contribution in [0, 0.1) is 5.92 Å². The first-order chi connectivity index (χ1) is 19.1. The van der Waals surface area contributed by atoms with Gasteiger partial charge in [-0.2, -0.15) is 0 Å². The zero-order valence-corrected chi connectivity index (χ0v) is 23.8. The maximum atomic E-state index is 13.2. The Morgan fingerprint density at radius 2 is 1.74 bits per heavy atom. The van der Waals surface area contributed by atoms with E-state index in [-0.39, 0.29) is 29.8 Å². The molecule has 1 unspecified atom stereocenters. The highest BCUT2D eigenvalue weighted by Crippen LogP contribution is 2.34. The monoisotopic (exact) mass is 551 g/mol. The number of thioether (sulfide) groups is 1. The summed E-state index contributed by atoms with van der Waals surface area (Å²) in [5.74, 6) is 0.644. The molecule has 0 spiro atoms. The Bertz CT molecular complexity index is 1050. The molecule has 0 aromatic heterocycles. The molecule has 3 atom stereocenters. The smallest absolute Gasteiger partial charge is 0.306 e. The van der Waals surface area contributed by atoms with Crippen LogP contribution in [0.3, 0.4) is 0 Å². The summed E-state index contributed by atoms with van der Waals surface area (Å²) in [4.78, 5) is 27.2. The lowest BCUT2D eigenvalue weighted by molar-refractivity contribution is -0.141. The number of allylic oxidation sites excluding steroid dienone is 2. The minimum Gasteiger partial charge on any atom is -0.455 e. The van der Waals surface area contributed by atoms with Gasteiger partial charge in [-0.15, -0.1) is 11.8 Å². The standard InChI is InChI=1S/C32H41NO5S/c1-39-24-38-31(35)12-8-3-2-7-11-28-30(22-29(34)32(28)33-17-19-36-20-18-33)37-23-27-15-13-26(14-16-27)21-25-9-5-4-6-10-25/h2,4-7,9-10,13-16,28,30,32H,3,8,11-12,17-24H2,1H3/b7-2-/t28?,30-,32+/m1/s1. The van der Waals surface area contributed by atoms with Crippen molar-refractivity contribution in [3.05, 3.63) is 83.4 Å². The summed E-state index contributed by atoms with van der Waals surface area (Å²) >= 11 is 1.50. The maximum Gasteiger partial charge on any atom is 0.306 e.